The summed E-state index contributed by atoms with van der Waals surface area (Å²) in [6.45, 7) is 0. The Kier molecular flexibility index (Phi) is 3.22. The summed E-state index contributed by atoms with van der Waals surface area (Å²) in [4.78, 5) is 1.69. The first-order valence-electron chi connectivity index (χ1n) is 6.65. The summed E-state index contributed by atoms with van der Waals surface area (Å²) < 4.78 is 13.4. The highest BCUT2D eigenvalue weighted by Crippen LogP contribution is 2.39. The van der Waals surface area contributed by atoms with Crippen LogP contribution in [0.5, 0.6) is 0 Å². The van der Waals surface area contributed by atoms with Gasteiger partial charge in [-0.3, -0.25) is 5.41 Å². The van der Waals surface area contributed by atoms with Crippen LogP contribution in [-0.2, 0) is 0 Å². The van der Waals surface area contributed by atoms with Gasteiger partial charge in [-0.2, -0.15) is 0 Å². The first kappa shape index (κ1) is 13.4. The first-order valence-corrected chi connectivity index (χ1v) is 6.65. The molecule has 0 saturated carbocycles. The molecule has 0 aromatic heterocycles. The van der Waals surface area contributed by atoms with Gasteiger partial charge in [0.25, 0.3) is 0 Å². The second-order valence-corrected chi connectivity index (χ2v) is 5.04. The summed E-state index contributed by atoms with van der Waals surface area (Å²) in [6, 6.07) is 15.0. The van der Waals surface area contributed by atoms with E-state index in [0.29, 0.717) is 11.1 Å². The van der Waals surface area contributed by atoms with Crippen LogP contribution in [0.15, 0.2) is 60.4 Å². The lowest BCUT2D eigenvalue weighted by Gasteiger charge is -2.22. The van der Waals surface area contributed by atoms with E-state index in [1.165, 1.54) is 12.1 Å². The predicted molar refractivity (Wildman–Crippen MR) is 80.6 cm³/mol. The molecule has 1 heterocycles. The maximum absolute atomic E-state index is 13.4. The summed E-state index contributed by atoms with van der Waals surface area (Å²) in [7, 11) is 1.75. The van der Waals surface area contributed by atoms with Gasteiger partial charge >= 0.3 is 0 Å². The monoisotopic (exact) mass is 282 g/mol. The molecule has 0 saturated heterocycles. The molecule has 106 valence electrons. The van der Waals surface area contributed by atoms with Gasteiger partial charge < -0.3 is 10.0 Å². The van der Waals surface area contributed by atoms with Crippen molar-refractivity contribution in [2.45, 2.75) is 6.04 Å². The quantitative estimate of drug-likeness (QED) is 0.881. The highest BCUT2D eigenvalue weighted by molar-refractivity contribution is 6.24. The van der Waals surface area contributed by atoms with E-state index in [-0.39, 0.29) is 17.4 Å². The summed E-state index contributed by atoms with van der Waals surface area (Å²) in [5.74, 6) is -0.113. The number of aliphatic hydroxyl groups excluding tert-OH is 1. The second kappa shape index (κ2) is 5.05. The van der Waals surface area contributed by atoms with Crippen molar-refractivity contribution in [3.05, 3.63) is 77.3 Å². The zero-order valence-corrected chi connectivity index (χ0v) is 11.5. The van der Waals surface area contributed by atoms with Gasteiger partial charge in [-0.05, 0) is 23.3 Å². The number of aliphatic hydroxyl groups is 1. The number of benzene rings is 2. The van der Waals surface area contributed by atoms with E-state index in [9.17, 15) is 9.50 Å². The van der Waals surface area contributed by atoms with Crippen molar-refractivity contribution in [1.82, 2.24) is 4.90 Å². The third-order valence-electron chi connectivity index (χ3n) is 3.72. The molecule has 4 heteroatoms. The third-order valence-corrected chi connectivity index (χ3v) is 3.72. The van der Waals surface area contributed by atoms with Crippen LogP contribution >= 0.6 is 0 Å². The highest BCUT2D eigenvalue weighted by atomic mass is 19.1. The molecule has 21 heavy (non-hydrogen) atoms. The Bertz CT molecular complexity index is 725. The van der Waals surface area contributed by atoms with Crippen molar-refractivity contribution in [2.75, 3.05) is 7.05 Å². The lowest BCUT2D eigenvalue weighted by atomic mass is 10.0. The van der Waals surface area contributed by atoms with Crippen LogP contribution in [-0.4, -0.2) is 22.9 Å². The minimum atomic E-state index is -0.406. The van der Waals surface area contributed by atoms with Gasteiger partial charge in [0, 0.05) is 7.05 Å². The number of amidine groups is 1. The predicted octanol–water partition coefficient (Wildman–Crippen LogP) is 3.76. The molecule has 0 radical (unpaired) electrons. The maximum atomic E-state index is 13.4. The Balaban J connectivity index is 2.12. The van der Waals surface area contributed by atoms with Gasteiger partial charge in [-0.25, -0.2) is 4.39 Å². The van der Waals surface area contributed by atoms with Crippen molar-refractivity contribution >= 4 is 11.4 Å². The van der Waals surface area contributed by atoms with Gasteiger partial charge in [0.05, 0.1) is 5.57 Å². The summed E-state index contributed by atoms with van der Waals surface area (Å²) in [5.41, 5.74) is 1.79. The van der Waals surface area contributed by atoms with Gasteiger partial charge in [0.1, 0.15) is 23.5 Å². The Labute approximate surface area is 122 Å². The van der Waals surface area contributed by atoms with Crippen molar-refractivity contribution in [3.63, 3.8) is 0 Å². The molecule has 2 N–H and O–H groups in total. The Morgan fingerprint density at radius 2 is 1.81 bits per heavy atom. The van der Waals surface area contributed by atoms with Crippen molar-refractivity contribution in [2.24, 2.45) is 0 Å². The van der Waals surface area contributed by atoms with E-state index in [0.717, 1.165) is 5.56 Å². The topological polar surface area (TPSA) is 47.3 Å². The molecule has 0 amide bonds. The largest absolute Gasteiger partial charge is 0.509 e. The fraction of sp³-hybridized carbons (Fsp3) is 0.118. The van der Waals surface area contributed by atoms with Crippen LogP contribution in [0.3, 0.4) is 0 Å². The average Bonchev–Trinajstić information content (AvgIpc) is 2.70. The maximum Gasteiger partial charge on any atom is 0.132 e. The number of halogens is 1. The second-order valence-electron chi connectivity index (χ2n) is 5.04. The van der Waals surface area contributed by atoms with Crippen molar-refractivity contribution < 1.29 is 9.50 Å². The third kappa shape index (κ3) is 2.18. The molecule has 0 bridgehead atoms. The smallest absolute Gasteiger partial charge is 0.132 e. The van der Waals surface area contributed by atoms with Crippen LogP contribution in [0.2, 0.25) is 0 Å². The molecule has 1 aliphatic rings. The van der Waals surface area contributed by atoms with Crippen molar-refractivity contribution in [3.8, 4) is 0 Å². The molecule has 3 rings (SSSR count). The zero-order chi connectivity index (χ0) is 15.0. The fourth-order valence-electron chi connectivity index (χ4n) is 2.69. The molecule has 3 nitrogen and oxygen atoms in total. The number of likely N-dealkylation sites (N-methyl/N-ethyl adjacent to an activating group) is 1. The van der Waals surface area contributed by atoms with E-state index in [1.807, 2.05) is 30.3 Å². The van der Waals surface area contributed by atoms with E-state index in [2.05, 4.69) is 0 Å². The summed E-state index contributed by atoms with van der Waals surface area (Å²) >= 11 is 0. The fourth-order valence-corrected chi connectivity index (χ4v) is 2.69. The molecule has 0 spiro atoms. The Morgan fingerprint density at radius 1 is 1.10 bits per heavy atom. The Morgan fingerprint density at radius 3 is 2.48 bits per heavy atom. The normalized spacial score (nSPS) is 18.5. The average molecular weight is 282 g/mol. The number of hydrogen-bond acceptors (Lipinski definition) is 2. The SMILES string of the molecule is CN1C(=N)C(c2cccc(F)c2)=C(O)C1c1ccccc1. The molecular formula is C17H15FN2O. The lowest BCUT2D eigenvalue weighted by Crippen LogP contribution is -2.25. The van der Waals surface area contributed by atoms with Gasteiger partial charge in [0.15, 0.2) is 0 Å². The standard InChI is InChI=1S/C17H15FN2O/c1-20-15(11-6-3-2-4-7-11)16(21)14(17(20)19)12-8-5-9-13(18)10-12/h2-10,15,19,21H,1H3. The number of rotatable bonds is 2. The van der Waals surface area contributed by atoms with Crippen molar-refractivity contribution in [1.29, 1.82) is 5.41 Å². The molecule has 1 unspecified atom stereocenters. The lowest BCUT2D eigenvalue weighted by molar-refractivity contribution is 0.303. The van der Waals surface area contributed by atoms with Crippen LogP contribution in [0.25, 0.3) is 5.57 Å². The molecule has 1 atom stereocenters. The first-order chi connectivity index (χ1) is 10.1. The van der Waals surface area contributed by atoms with E-state index in [1.54, 1.807) is 24.1 Å². The van der Waals surface area contributed by atoms with E-state index >= 15 is 0 Å². The number of nitrogens with one attached hydrogen (secondary N) is 1. The molecule has 0 fully saturated rings. The molecule has 1 aliphatic heterocycles. The van der Waals surface area contributed by atoms with E-state index in [4.69, 9.17) is 5.41 Å². The number of hydrogen-bond donors (Lipinski definition) is 2. The minimum Gasteiger partial charge on any atom is -0.509 e. The van der Waals surface area contributed by atoms with Gasteiger partial charge in [-0.1, -0.05) is 42.5 Å². The molecule has 2 aromatic carbocycles. The molecular weight excluding hydrogens is 267 g/mol. The Hall–Kier alpha value is -2.62. The highest BCUT2D eigenvalue weighted by Gasteiger charge is 2.36. The minimum absolute atomic E-state index is 0.0827. The van der Waals surface area contributed by atoms with Crippen LogP contribution < -0.4 is 0 Å². The van der Waals surface area contributed by atoms with Gasteiger partial charge in [0.2, 0.25) is 0 Å². The summed E-state index contributed by atoms with van der Waals surface area (Å²) in [6.07, 6.45) is 0. The molecule has 2 aromatic rings. The van der Waals surface area contributed by atoms with E-state index < -0.39 is 6.04 Å². The molecule has 0 aliphatic carbocycles. The van der Waals surface area contributed by atoms with Gasteiger partial charge in [-0.15, -0.1) is 0 Å². The number of nitrogens with zero attached hydrogens (tertiary/aromatic N) is 1. The van der Waals surface area contributed by atoms with Crippen LogP contribution in [0.1, 0.15) is 17.2 Å². The van der Waals surface area contributed by atoms with Crippen LogP contribution in [0, 0.1) is 11.2 Å². The van der Waals surface area contributed by atoms with Crippen LogP contribution in [0.4, 0.5) is 4.39 Å². The zero-order valence-electron chi connectivity index (χ0n) is 11.5. The summed E-state index contributed by atoms with van der Waals surface area (Å²) in [5, 5.41) is 18.8.